The maximum absolute atomic E-state index is 4.31. The van der Waals surface area contributed by atoms with E-state index in [4.69, 9.17) is 0 Å². The molecular weight excluding hydrogens is 238 g/mol. The van der Waals surface area contributed by atoms with Crippen LogP contribution in [0.25, 0.3) is 0 Å². The van der Waals surface area contributed by atoms with E-state index in [0.717, 1.165) is 0 Å². The summed E-state index contributed by atoms with van der Waals surface area (Å²) in [5.41, 5.74) is 2.46. The highest BCUT2D eigenvalue weighted by Crippen LogP contribution is 2.09. The third-order valence-electron chi connectivity index (χ3n) is 2.68. The van der Waals surface area contributed by atoms with Crippen molar-refractivity contribution in [2.75, 3.05) is 17.2 Å². The molecule has 1 aromatic heterocycles. The van der Waals surface area contributed by atoms with Gasteiger partial charge < -0.3 is 10.6 Å². The minimum absolute atomic E-state index is 0.511. The maximum atomic E-state index is 4.31. The van der Waals surface area contributed by atoms with Gasteiger partial charge >= 0.3 is 0 Å². The highest BCUT2D eigenvalue weighted by molar-refractivity contribution is 5.38. The fourth-order valence-electron chi connectivity index (χ4n) is 1.62. The fraction of sp³-hybridized carbons (Fsp3) is 0.214. The topological polar surface area (TPSA) is 62.7 Å². The van der Waals surface area contributed by atoms with Crippen molar-refractivity contribution >= 4 is 11.8 Å². The summed E-state index contributed by atoms with van der Waals surface area (Å²) in [7, 11) is 0. The molecule has 0 fully saturated rings. The van der Waals surface area contributed by atoms with Gasteiger partial charge in [0.1, 0.15) is 0 Å². The average Bonchev–Trinajstić information content (AvgIpc) is 2.45. The van der Waals surface area contributed by atoms with E-state index in [2.05, 4.69) is 51.5 Å². The van der Waals surface area contributed by atoms with Gasteiger partial charge in [-0.3, -0.25) is 0 Å². The number of hydrogen-bond donors (Lipinski definition) is 2. The van der Waals surface area contributed by atoms with E-state index in [1.807, 2.05) is 12.1 Å². The third kappa shape index (κ3) is 3.77. The van der Waals surface area contributed by atoms with Crippen LogP contribution < -0.4 is 10.6 Å². The van der Waals surface area contributed by atoms with Gasteiger partial charge in [0.15, 0.2) is 5.82 Å². The van der Waals surface area contributed by atoms with Crippen LogP contribution in [-0.4, -0.2) is 21.7 Å². The SMILES string of the molecule is C=CCNc1cnnc(NCc2ccccc2C)n1. The van der Waals surface area contributed by atoms with Crippen LogP contribution >= 0.6 is 0 Å². The Hall–Kier alpha value is -2.43. The van der Waals surface area contributed by atoms with Crippen molar-refractivity contribution in [2.45, 2.75) is 13.5 Å². The first-order valence-corrected chi connectivity index (χ1v) is 6.12. The summed E-state index contributed by atoms with van der Waals surface area (Å²) in [6, 6.07) is 8.20. The lowest BCUT2D eigenvalue weighted by atomic mass is 10.1. The first kappa shape index (κ1) is 13.0. The minimum atomic E-state index is 0.511. The second kappa shape index (κ2) is 6.49. The van der Waals surface area contributed by atoms with Crippen molar-refractivity contribution in [3.63, 3.8) is 0 Å². The molecule has 0 amide bonds. The summed E-state index contributed by atoms with van der Waals surface area (Å²) in [5, 5.41) is 14.1. The first-order valence-electron chi connectivity index (χ1n) is 6.12. The lowest BCUT2D eigenvalue weighted by Crippen LogP contribution is -2.08. The molecule has 0 bridgehead atoms. The number of aryl methyl sites for hydroxylation is 1. The number of aromatic nitrogens is 3. The predicted molar refractivity (Wildman–Crippen MR) is 77.0 cm³/mol. The van der Waals surface area contributed by atoms with Crippen molar-refractivity contribution < 1.29 is 0 Å². The van der Waals surface area contributed by atoms with Gasteiger partial charge in [0.25, 0.3) is 0 Å². The van der Waals surface area contributed by atoms with Crippen molar-refractivity contribution in [3.05, 3.63) is 54.2 Å². The number of nitrogens with zero attached hydrogens (tertiary/aromatic N) is 3. The van der Waals surface area contributed by atoms with Gasteiger partial charge in [-0.25, -0.2) is 0 Å². The van der Waals surface area contributed by atoms with Gasteiger partial charge in [0, 0.05) is 13.1 Å². The van der Waals surface area contributed by atoms with Gasteiger partial charge in [0.2, 0.25) is 5.95 Å². The summed E-state index contributed by atoms with van der Waals surface area (Å²) < 4.78 is 0. The van der Waals surface area contributed by atoms with E-state index < -0.39 is 0 Å². The first-order chi connectivity index (χ1) is 9.29. The van der Waals surface area contributed by atoms with Gasteiger partial charge in [-0.15, -0.1) is 11.7 Å². The molecular formula is C14H17N5. The smallest absolute Gasteiger partial charge is 0.244 e. The van der Waals surface area contributed by atoms with Crippen LogP contribution in [0.3, 0.4) is 0 Å². The Labute approximate surface area is 112 Å². The third-order valence-corrected chi connectivity index (χ3v) is 2.68. The second-order valence-electron chi connectivity index (χ2n) is 4.11. The molecule has 0 unspecified atom stereocenters. The van der Waals surface area contributed by atoms with Gasteiger partial charge in [-0.2, -0.15) is 10.1 Å². The summed E-state index contributed by atoms with van der Waals surface area (Å²) in [5.74, 6) is 1.19. The summed E-state index contributed by atoms with van der Waals surface area (Å²) >= 11 is 0. The zero-order valence-electron chi connectivity index (χ0n) is 10.9. The molecule has 0 atom stereocenters. The van der Waals surface area contributed by atoms with Crippen molar-refractivity contribution in [1.82, 2.24) is 15.2 Å². The molecule has 0 aliphatic carbocycles. The molecule has 0 aliphatic heterocycles. The maximum Gasteiger partial charge on any atom is 0.244 e. The summed E-state index contributed by atoms with van der Waals surface area (Å²) in [6.07, 6.45) is 3.35. The molecule has 0 saturated heterocycles. The van der Waals surface area contributed by atoms with Crippen molar-refractivity contribution in [3.8, 4) is 0 Å². The van der Waals surface area contributed by atoms with E-state index in [1.165, 1.54) is 11.1 Å². The molecule has 2 aromatic rings. The zero-order chi connectivity index (χ0) is 13.5. The Balaban J connectivity index is 1.99. The normalized spacial score (nSPS) is 9.95. The fourth-order valence-corrected chi connectivity index (χ4v) is 1.62. The standard InChI is InChI=1S/C14H17N5/c1-3-8-15-13-10-17-19-14(18-13)16-9-12-7-5-4-6-11(12)2/h3-7,10H,1,8-9H2,2H3,(H2,15,16,18,19). The lowest BCUT2D eigenvalue weighted by molar-refractivity contribution is 0.941. The van der Waals surface area contributed by atoms with Crippen molar-refractivity contribution in [1.29, 1.82) is 0 Å². The van der Waals surface area contributed by atoms with E-state index in [9.17, 15) is 0 Å². The minimum Gasteiger partial charge on any atom is -0.365 e. The highest BCUT2D eigenvalue weighted by atomic mass is 15.3. The second-order valence-corrected chi connectivity index (χ2v) is 4.11. The van der Waals surface area contributed by atoms with Gasteiger partial charge in [-0.1, -0.05) is 30.3 Å². The van der Waals surface area contributed by atoms with E-state index in [0.29, 0.717) is 24.9 Å². The highest BCUT2D eigenvalue weighted by Gasteiger charge is 2.01. The molecule has 0 spiro atoms. The Bertz CT molecular complexity index is 553. The lowest BCUT2D eigenvalue weighted by Gasteiger charge is -2.08. The Kier molecular flexibility index (Phi) is 4.44. The van der Waals surface area contributed by atoms with Crippen LogP contribution in [-0.2, 0) is 6.54 Å². The van der Waals surface area contributed by atoms with Crippen LogP contribution in [0, 0.1) is 6.92 Å². The van der Waals surface area contributed by atoms with Crippen LogP contribution in [0.4, 0.5) is 11.8 Å². The number of hydrogen-bond acceptors (Lipinski definition) is 5. The summed E-state index contributed by atoms with van der Waals surface area (Å²) in [6.45, 7) is 7.05. The molecule has 1 aromatic carbocycles. The van der Waals surface area contributed by atoms with Crippen LogP contribution in [0.2, 0.25) is 0 Å². The van der Waals surface area contributed by atoms with Gasteiger partial charge in [-0.05, 0) is 18.1 Å². The zero-order valence-corrected chi connectivity index (χ0v) is 10.9. The molecule has 0 saturated carbocycles. The molecule has 1 heterocycles. The number of benzene rings is 1. The predicted octanol–water partition coefficient (Wildman–Crippen LogP) is 2.39. The Morgan fingerprint density at radius 1 is 1.26 bits per heavy atom. The number of nitrogens with one attached hydrogen (secondary N) is 2. The number of anilines is 2. The molecule has 5 nitrogen and oxygen atoms in total. The van der Waals surface area contributed by atoms with Gasteiger partial charge in [0.05, 0.1) is 6.20 Å². The van der Waals surface area contributed by atoms with Crippen molar-refractivity contribution in [2.24, 2.45) is 0 Å². The monoisotopic (exact) mass is 255 g/mol. The molecule has 98 valence electrons. The molecule has 2 N–H and O–H groups in total. The molecule has 19 heavy (non-hydrogen) atoms. The van der Waals surface area contributed by atoms with E-state index in [-0.39, 0.29) is 0 Å². The average molecular weight is 255 g/mol. The van der Waals surface area contributed by atoms with E-state index >= 15 is 0 Å². The van der Waals surface area contributed by atoms with Crippen LogP contribution in [0.1, 0.15) is 11.1 Å². The quantitative estimate of drug-likeness (QED) is 0.776. The summed E-state index contributed by atoms with van der Waals surface area (Å²) in [4.78, 5) is 4.31. The molecule has 0 radical (unpaired) electrons. The van der Waals surface area contributed by atoms with E-state index in [1.54, 1.807) is 12.3 Å². The Morgan fingerprint density at radius 3 is 2.89 bits per heavy atom. The molecule has 2 rings (SSSR count). The van der Waals surface area contributed by atoms with Crippen LogP contribution in [0.15, 0.2) is 43.1 Å². The largest absolute Gasteiger partial charge is 0.365 e. The Morgan fingerprint density at radius 2 is 2.11 bits per heavy atom. The van der Waals surface area contributed by atoms with Crippen LogP contribution in [0.5, 0.6) is 0 Å². The molecule has 0 aliphatic rings. The number of rotatable bonds is 6. The molecule has 5 heteroatoms.